The molecule has 2 rings (SSSR count). The van der Waals surface area contributed by atoms with Gasteiger partial charge in [0.05, 0.1) is 20.9 Å². The number of nitrogens with zero attached hydrogens (tertiary/aromatic N) is 1. The van der Waals surface area contributed by atoms with E-state index in [1.54, 1.807) is 6.07 Å². The van der Waals surface area contributed by atoms with E-state index in [1.807, 2.05) is 6.92 Å². The molecule has 0 spiro atoms. The molecule has 0 saturated carbocycles. The highest BCUT2D eigenvalue weighted by Gasteiger charge is 2.07. The molecule has 0 saturated heterocycles. The predicted octanol–water partition coefficient (Wildman–Crippen LogP) is 2.33. The molecule has 62 valence electrons. The lowest BCUT2D eigenvalue weighted by Gasteiger charge is -1.94. The van der Waals surface area contributed by atoms with Crippen molar-refractivity contribution in [1.29, 1.82) is 0 Å². The third-order valence-corrected chi connectivity index (χ3v) is 2.61. The zero-order valence-electron chi connectivity index (χ0n) is 6.47. The first-order valence-electron chi connectivity index (χ1n) is 3.49. The van der Waals surface area contributed by atoms with Crippen molar-refractivity contribution in [2.45, 2.75) is 6.92 Å². The molecular weight excluding hydrogens is 175 g/mol. The van der Waals surface area contributed by atoms with Crippen LogP contribution in [0.25, 0.3) is 10.2 Å². The van der Waals surface area contributed by atoms with Crippen molar-refractivity contribution in [2.75, 3.05) is 5.73 Å². The van der Waals surface area contributed by atoms with E-state index in [1.165, 1.54) is 17.4 Å². The zero-order valence-corrected chi connectivity index (χ0v) is 7.28. The minimum Gasteiger partial charge on any atom is -0.396 e. The van der Waals surface area contributed by atoms with Crippen LogP contribution in [0.5, 0.6) is 0 Å². The van der Waals surface area contributed by atoms with E-state index in [4.69, 9.17) is 5.73 Å². The standard InChI is InChI=1S/C8H7FN2S/c1-4-11-6-3-2-5(10)7(9)8(6)12-4/h2-3H,10H2,1H3. The van der Waals surface area contributed by atoms with E-state index >= 15 is 0 Å². The molecule has 2 N–H and O–H groups in total. The van der Waals surface area contributed by atoms with Crippen LogP contribution < -0.4 is 5.73 Å². The van der Waals surface area contributed by atoms with Crippen molar-refractivity contribution in [3.05, 3.63) is 23.0 Å². The van der Waals surface area contributed by atoms with Crippen LogP contribution in [0.2, 0.25) is 0 Å². The molecule has 0 atom stereocenters. The Hall–Kier alpha value is -1.16. The Morgan fingerprint density at radius 3 is 3.00 bits per heavy atom. The second-order valence-corrected chi connectivity index (χ2v) is 3.75. The summed E-state index contributed by atoms with van der Waals surface area (Å²) in [6.45, 7) is 1.85. The minimum atomic E-state index is -0.349. The van der Waals surface area contributed by atoms with Crippen molar-refractivity contribution in [2.24, 2.45) is 0 Å². The molecule has 0 aliphatic heterocycles. The maximum Gasteiger partial charge on any atom is 0.165 e. The summed E-state index contributed by atoms with van der Waals surface area (Å²) >= 11 is 1.33. The van der Waals surface area contributed by atoms with E-state index in [9.17, 15) is 4.39 Å². The molecule has 0 fully saturated rings. The number of fused-ring (bicyclic) bond motifs is 1. The van der Waals surface area contributed by atoms with Gasteiger partial charge in [-0.05, 0) is 19.1 Å². The van der Waals surface area contributed by atoms with Gasteiger partial charge >= 0.3 is 0 Å². The fraction of sp³-hybridized carbons (Fsp3) is 0.125. The molecule has 0 aliphatic rings. The summed E-state index contributed by atoms with van der Waals surface area (Å²) in [7, 11) is 0. The summed E-state index contributed by atoms with van der Waals surface area (Å²) in [6, 6.07) is 3.27. The number of benzene rings is 1. The number of aromatic nitrogens is 1. The lowest BCUT2D eigenvalue weighted by molar-refractivity contribution is 0.646. The molecule has 2 nitrogen and oxygen atoms in total. The molecule has 0 unspecified atom stereocenters. The van der Waals surface area contributed by atoms with Crippen molar-refractivity contribution in [3.8, 4) is 0 Å². The number of hydrogen-bond donors (Lipinski definition) is 1. The Morgan fingerprint density at radius 2 is 2.25 bits per heavy atom. The molecule has 1 heterocycles. The monoisotopic (exact) mass is 182 g/mol. The Bertz CT molecular complexity index is 436. The van der Waals surface area contributed by atoms with Gasteiger partial charge in [-0.25, -0.2) is 9.37 Å². The molecule has 0 radical (unpaired) electrons. The van der Waals surface area contributed by atoms with Gasteiger partial charge < -0.3 is 5.73 Å². The van der Waals surface area contributed by atoms with Crippen LogP contribution in [0.15, 0.2) is 12.1 Å². The van der Waals surface area contributed by atoms with E-state index in [-0.39, 0.29) is 11.5 Å². The van der Waals surface area contributed by atoms with Crippen molar-refractivity contribution < 1.29 is 4.39 Å². The molecule has 12 heavy (non-hydrogen) atoms. The zero-order chi connectivity index (χ0) is 8.72. The fourth-order valence-electron chi connectivity index (χ4n) is 1.09. The maximum atomic E-state index is 13.3. The van der Waals surface area contributed by atoms with Crippen LogP contribution in [0, 0.1) is 12.7 Å². The van der Waals surface area contributed by atoms with Crippen molar-refractivity contribution in [1.82, 2.24) is 4.98 Å². The lowest BCUT2D eigenvalue weighted by Crippen LogP contribution is -1.88. The molecule has 0 amide bonds. The van der Waals surface area contributed by atoms with Crippen LogP contribution in [-0.2, 0) is 0 Å². The Kier molecular flexibility index (Phi) is 1.51. The number of nitrogens with two attached hydrogens (primary N) is 1. The molecule has 2 aromatic rings. The fourth-order valence-corrected chi connectivity index (χ4v) is 1.95. The second kappa shape index (κ2) is 2.42. The van der Waals surface area contributed by atoms with Crippen molar-refractivity contribution >= 4 is 27.2 Å². The third kappa shape index (κ3) is 0.956. The highest BCUT2D eigenvalue weighted by Crippen LogP contribution is 2.27. The normalized spacial score (nSPS) is 10.8. The summed E-state index contributed by atoms with van der Waals surface area (Å²) in [5, 5.41) is 0.856. The van der Waals surface area contributed by atoms with Gasteiger partial charge in [0.1, 0.15) is 0 Å². The average molecular weight is 182 g/mol. The van der Waals surface area contributed by atoms with Gasteiger partial charge in [-0.1, -0.05) is 0 Å². The van der Waals surface area contributed by atoms with Gasteiger partial charge in [-0.15, -0.1) is 11.3 Å². The highest BCUT2D eigenvalue weighted by molar-refractivity contribution is 7.18. The quantitative estimate of drug-likeness (QED) is 0.635. The second-order valence-electron chi connectivity index (χ2n) is 2.55. The largest absolute Gasteiger partial charge is 0.396 e. The number of hydrogen-bond acceptors (Lipinski definition) is 3. The molecule has 1 aromatic heterocycles. The van der Waals surface area contributed by atoms with Crippen LogP contribution in [0.1, 0.15) is 5.01 Å². The van der Waals surface area contributed by atoms with E-state index < -0.39 is 0 Å². The van der Waals surface area contributed by atoms with Gasteiger partial charge in [0, 0.05) is 0 Å². The summed E-state index contributed by atoms with van der Waals surface area (Å²) in [5.74, 6) is -0.349. The molecule has 1 aromatic carbocycles. The van der Waals surface area contributed by atoms with Gasteiger partial charge in [-0.2, -0.15) is 0 Å². The first-order chi connectivity index (χ1) is 5.68. The number of rotatable bonds is 0. The van der Waals surface area contributed by atoms with Gasteiger partial charge in [0.25, 0.3) is 0 Å². The summed E-state index contributed by atoms with van der Waals surface area (Å²) in [4.78, 5) is 4.14. The Labute approximate surface area is 72.8 Å². The number of halogens is 1. The first-order valence-corrected chi connectivity index (χ1v) is 4.31. The number of anilines is 1. The molecular formula is C8H7FN2S. The van der Waals surface area contributed by atoms with E-state index in [0.29, 0.717) is 10.2 Å². The Morgan fingerprint density at radius 1 is 1.50 bits per heavy atom. The van der Waals surface area contributed by atoms with Crippen LogP contribution in [-0.4, -0.2) is 4.98 Å². The van der Waals surface area contributed by atoms with E-state index in [0.717, 1.165) is 5.01 Å². The number of nitrogen functional groups attached to an aromatic ring is 1. The van der Waals surface area contributed by atoms with Crippen LogP contribution >= 0.6 is 11.3 Å². The molecule has 0 aliphatic carbocycles. The van der Waals surface area contributed by atoms with Gasteiger partial charge in [0.2, 0.25) is 0 Å². The smallest absolute Gasteiger partial charge is 0.165 e. The maximum absolute atomic E-state index is 13.3. The third-order valence-electron chi connectivity index (χ3n) is 1.63. The lowest BCUT2D eigenvalue weighted by atomic mass is 10.3. The minimum absolute atomic E-state index is 0.186. The SMILES string of the molecule is Cc1nc2ccc(N)c(F)c2s1. The van der Waals surface area contributed by atoms with Gasteiger partial charge in [-0.3, -0.25) is 0 Å². The average Bonchev–Trinajstić information content (AvgIpc) is 2.39. The van der Waals surface area contributed by atoms with E-state index in [2.05, 4.69) is 4.98 Å². The van der Waals surface area contributed by atoms with Crippen molar-refractivity contribution in [3.63, 3.8) is 0 Å². The predicted molar refractivity (Wildman–Crippen MR) is 48.7 cm³/mol. The number of aryl methyl sites for hydroxylation is 1. The molecule has 4 heteroatoms. The first kappa shape index (κ1) is 7.49. The summed E-state index contributed by atoms with van der Waals surface area (Å²) in [5.41, 5.74) is 6.27. The number of thiazole rings is 1. The summed E-state index contributed by atoms with van der Waals surface area (Å²) in [6.07, 6.45) is 0. The Balaban J connectivity index is 2.89. The summed E-state index contributed by atoms with van der Waals surface area (Å²) < 4.78 is 13.8. The molecule has 0 bridgehead atoms. The van der Waals surface area contributed by atoms with Crippen LogP contribution in [0.3, 0.4) is 0 Å². The highest BCUT2D eigenvalue weighted by atomic mass is 32.1. The topological polar surface area (TPSA) is 38.9 Å². The van der Waals surface area contributed by atoms with Crippen LogP contribution in [0.4, 0.5) is 10.1 Å². The van der Waals surface area contributed by atoms with Gasteiger partial charge in [0.15, 0.2) is 5.82 Å².